The minimum atomic E-state index is -2.07. The Labute approximate surface area is 63.6 Å². The Morgan fingerprint density at radius 2 is 2.30 bits per heavy atom. The lowest BCUT2D eigenvalue weighted by atomic mass is 10.1. The van der Waals surface area contributed by atoms with Gasteiger partial charge in [0.15, 0.2) is 0 Å². The second-order valence-electron chi connectivity index (χ2n) is 2.97. The standard InChI is InChI=1S/C6H13NO2S/c1-5-2-3-6(4-5)7-10(8)9/h5-7H,2-4H2,1H3,(H,8,9)/p-1. The van der Waals surface area contributed by atoms with Crippen molar-refractivity contribution >= 4 is 11.3 Å². The van der Waals surface area contributed by atoms with E-state index < -0.39 is 11.3 Å². The Kier molecular flexibility index (Phi) is 2.82. The summed E-state index contributed by atoms with van der Waals surface area (Å²) in [6.07, 6.45) is 3.14. The molecule has 0 aromatic carbocycles. The summed E-state index contributed by atoms with van der Waals surface area (Å²) in [6.45, 7) is 2.15. The van der Waals surface area contributed by atoms with E-state index >= 15 is 0 Å². The van der Waals surface area contributed by atoms with Gasteiger partial charge in [-0.1, -0.05) is 6.92 Å². The molecule has 1 saturated carbocycles. The number of hydrogen-bond acceptors (Lipinski definition) is 2. The van der Waals surface area contributed by atoms with Gasteiger partial charge in [0.1, 0.15) is 0 Å². The molecule has 1 rings (SSSR count). The zero-order valence-corrected chi connectivity index (χ0v) is 6.82. The molecular formula is C6H12NO2S-. The first-order valence-corrected chi connectivity index (χ1v) is 4.61. The van der Waals surface area contributed by atoms with Gasteiger partial charge in [0, 0.05) is 17.3 Å². The minimum Gasteiger partial charge on any atom is -0.760 e. The minimum absolute atomic E-state index is 0.202. The van der Waals surface area contributed by atoms with Crippen LogP contribution in [0.15, 0.2) is 0 Å². The summed E-state index contributed by atoms with van der Waals surface area (Å²) in [4.78, 5) is 0. The molecule has 0 aliphatic heterocycles. The van der Waals surface area contributed by atoms with Crippen molar-refractivity contribution in [1.82, 2.24) is 4.72 Å². The fourth-order valence-corrected chi connectivity index (χ4v) is 1.94. The van der Waals surface area contributed by atoms with Crippen molar-refractivity contribution in [3.8, 4) is 0 Å². The van der Waals surface area contributed by atoms with E-state index in [4.69, 9.17) is 0 Å². The molecule has 1 N–H and O–H groups in total. The third-order valence-electron chi connectivity index (χ3n) is 1.96. The molecule has 0 aromatic heterocycles. The van der Waals surface area contributed by atoms with Crippen LogP contribution in [0, 0.1) is 5.92 Å². The molecule has 1 aliphatic rings. The van der Waals surface area contributed by atoms with E-state index in [9.17, 15) is 8.76 Å². The first kappa shape index (κ1) is 8.17. The van der Waals surface area contributed by atoms with E-state index in [1.54, 1.807) is 0 Å². The lowest BCUT2D eigenvalue weighted by Crippen LogP contribution is -2.27. The maximum atomic E-state index is 10.2. The van der Waals surface area contributed by atoms with Crippen molar-refractivity contribution in [2.75, 3.05) is 0 Å². The Morgan fingerprint density at radius 1 is 1.60 bits per heavy atom. The highest BCUT2D eigenvalue weighted by molar-refractivity contribution is 7.77. The molecule has 3 nitrogen and oxygen atoms in total. The van der Waals surface area contributed by atoms with Gasteiger partial charge < -0.3 is 4.55 Å². The predicted octanol–water partition coefficient (Wildman–Crippen LogP) is 0.559. The Bertz CT molecular complexity index is 140. The summed E-state index contributed by atoms with van der Waals surface area (Å²) in [5.74, 6) is 0.682. The van der Waals surface area contributed by atoms with Crippen molar-refractivity contribution in [3.05, 3.63) is 0 Å². The average Bonchev–Trinajstić information content (AvgIpc) is 2.13. The number of rotatable bonds is 2. The van der Waals surface area contributed by atoms with Crippen molar-refractivity contribution in [3.63, 3.8) is 0 Å². The largest absolute Gasteiger partial charge is 0.760 e. The molecule has 3 unspecified atom stereocenters. The highest BCUT2D eigenvalue weighted by Gasteiger charge is 2.20. The van der Waals surface area contributed by atoms with Crippen LogP contribution in [0.4, 0.5) is 0 Å². The molecule has 0 saturated heterocycles. The van der Waals surface area contributed by atoms with Gasteiger partial charge in [-0.05, 0) is 25.2 Å². The SMILES string of the molecule is CC1CCC(NS(=O)[O-])C1. The van der Waals surface area contributed by atoms with Gasteiger partial charge in [-0.3, -0.25) is 4.21 Å². The smallest absolute Gasteiger partial charge is 0.0187 e. The second kappa shape index (κ2) is 3.46. The molecule has 10 heavy (non-hydrogen) atoms. The molecule has 1 aliphatic carbocycles. The summed E-state index contributed by atoms with van der Waals surface area (Å²) in [5, 5.41) is 0. The van der Waals surface area contributed by atoms with Crippen LogP contribution in [-0.4, -0.2) is 14.8 Å². The molecule has 0 amide bonds. The van der Waals surface area contributed by atoms with E-state index in [1.165, 1.54) is 0 Å². The summed E-state index contributed by atoms with van der Waals surface area (Å²) in [6, 6.07) is 0.202. The van der Waals surface area contributed by atoms with E-state index in [-0.39, 0.29) is 6.04 Å². The highest BCUT2D eigenvalue weighted by atomic mass is 32.2. The van der Waals surface area contributed by atoms with Crippen LogP contribution < -0.4 is 4.72 Å². The van der Waals surface area contributed by atoms with E-state index in [0.29, 0.717) is 5.92 Å². The molecule has 1 fully saturated rings. The molecule has 0 aromatic rings. The molecule has 0 spiro atoms. The third kappa shape index (κ3) is 2.36. The first-order valence-electron chi connectivity index (χ1n) is 3.54. The Hall–Kier alpha value is 0.0700. The van der Waals surface area contributed by atoms with Crippen LogP contribution in [0.1, 0.15) is 26.2 Å². The van der Waals surface area contributed by atoms with Gasteiger partial charge in [-0.15, -0.1) is 0 Å². The van der Waals surface area contributed by atoms with Crippen LogP contribution in [0.3, 0.4) is 0 Å². The van der Waals surface area contributed by atoms with E-state index in [1.807, 2.05) is 0 Å². The van der Waals surface area contributed by atoms with E-state index in [2.05, 4.69) is 11.6 Å². The van der Waals surface area contributed by atoms with Crippen molar-refractivity contribution in [1.29, 1.82) is 0 Å². The van der Waals surface area contributed by atoms with Gasteiger partial charge >= 0.3 is 0 Å². The highest BCUT2D eigenvalue weighted by Crippen LogP contribution is 2.24. The zero-order chi connectivity index (χ0) is 7.56. The monoisotopic (exact) mass is 162 g/mol. The summed E-state index contributed by atoms with van der Waals surface area (Å²) in [5.41, 5.74) is 0. The molecule has 0 radical (unpaired) electrons. The van der Waals surface area contributed by atoms with Crippen molar-refractivity contribution < 1.29 is 8.76 Å². The lowest BCUT2D eigenvalue weighted by molar-refractivity contribution is 0.498. The van der Waals surface area contributed by atoms with Crippen molar-refractivity contribution in [2.45, 2.75) is 32.2 Å². The second-order valence-corrected chi connectivity index (χ2v) is 3.67. The molecule has 0 bridgehead atoms. The topological polar surface area (TPSA) is 52.2 Å². The first-order chi connectivity index (χ1) is 4.68. The fourth-order valence-electron chi connectivity index (χ4n) is 1.45. The lowest BCUT2D eigenvalue weighted by Gasteiger charge is -2.13. The fraction of sp³-hybridized carbons (Fsp3) is 1.00. The molecule has 60 valence electrons. The summed E-state index contributed by atoms with van der Waals surface area (Å²) in [7, 11) is 0. The summed E-state index contributed by atoms with van der Waals surface area (Å²) >= 11 is -2.07. The average molecular weight is 162 g/mol. The molecule has 4 heteroatoms. The number of hydrogen-bond donors (Lipinski definition) is 1. The number of nitrogens with one attached hydrogen (secondary N) is 1. The van der Waals surface area contributed by atoms with Crippen molar-refractivity contribution in [2.24, 2.45) is 5.92 Å². The molecular weight excluding hydrogens is 150 g/mol. The predicted molar refractivity (Wildman–Crippen MR) is 38.9 cm³/mol. The van der Waals surface area contributed by atoms with Gasteiger partial charge in [-0.2, -0.15) is 0 Å². The van der Waals surface area contributed by atoms with Gasteiger partial charge in [0.05, 0.1) is 0 Å². The van der Waals surface area contributed by atoms with Crippen LogP contribution in [-0.2, 0) is 11.3 Å². The van der Waals surface area contributed by atoms with E-state index in [0.717, 1.165) is 19.3 Å². The Morgan fingerprint density at radius 3 is 2.70 bits per heavy atom. The normalized spacial score (nSPS) is 36.2. The quantitative estimate of drug-likeness (QED) is 0.603. The summed E-state index contributed by atoms with van der Waals surface area (Å²) < 4.78 is 22.8. The molecule has 0 heterocycles. The zero-order valence-electron chi connectivity index (χ0n) is 6.00. The van der Waals surface area contributed by atoms with Crippen LogP contribution in [0.25, 0.3) is 0 Å². The third-order valence-corrected chi connectivity index (χ3v) is 2.48. The van der Waals surface area contributed by atoms with Gasteiger partial charge in [0.25, 0.3) is 0 Å². The van der Waals surface area contributed by atoms with Crippen LogP contribution in [0.2, 0.25) is 0 Å². The van der Waals surface area contributed by atoms with Crippen LogP contribution in [0.5, 0.6) is 0 Å². The molecule has 3 atom stereocenters. The van der Waals surface area contributed by atoms with Gasteiger partial charge in [-0.25, -0.2) is 4.72 Å². The maximum Gasteiger partial charge on any atom is 0.0187 e. The van der Waals surface area contributed by atoms with Crippen LogP contribution >= 0.6 is 0 Å². The van der Waals surface area contributed by atoms with Gasteiger partial charge in [0.2, 0.25) is 0 Å². The Balaban J connectivity index is 2.24. The maximum absolute atomic E-state index is 10.2.